The molecule has 1 atom stereocenters. The van der Waals surface area contributed by atoms with Crippen LogP contribution in [0.2, 0.25) is 0 Å². The zero-order valence-corrected chi connectivity index (χ0v) is 16.3. The molecule has 0 bridgehead atoms. The molecule has 154 valence electrons. The number of carbonyl (C=O) groups is 2. The fourth-order valence-corrected chi connectivity index (χ4v) is 3.66. The van der Waals surface area contributed by atoms with Crippen molar-refractivity contribution in [1.29, 1.82) is 0 Å². The van der Waals surface area contributed by atoms with Crippen molar-refractivity contribution >= 4 is 21.8 Å². The summed E-state index contributed by atoms with van der Waals surface area (Å²) in [6.45, 7) is 0.169. The third-order valence-corrected chi connectivity index (χ3v) is 5.27. The van der Waals surface area contributed by atoms with Gasteiger partial charge in [-0.15, -0.1) is 0 Å². The van der Waals surface area contributed by atoms with Gasteiger partial charge in [-0.25, -0.2) is 12.8 Å². The van der Waals surface area contributed by atoms with Crippen LogP contribution in [-0.4, -0.2) is 46.9 Å². The van der Waals surface area contributed by atoms with Gasteiger partial charge in [0, 0.05) is 14.8 Å². The Morgan fingerprint density at radius 3 is 2.29 bits per heavy atom. The first-order valence-electron chi connectivity index (χ1n) is 8.47. The summed E-state index contributed by atoms with van der Waals surface area (Å²) in [5.41, 5.74) is 0.0641. The summed E-state index contributed by atoms with van der Waals surface area (Å²) < 4.78 is 45.2. The Bertz CT molecular complexity index is 956. The van der Waals surface area contributed by atoms with Gasteiger partial charge in [-0.3, -0.25) is 9.59 Å². The Kier molecular flexibility index (Phi) is 7.38. The molecule has 28 heavy (non-hydrogen) atoms. The summed E-state index contributed by atoms with van der Waals surface area (Å²) >= 11 is 0. The van der Waals surface area contributed by atoms with Crippen molar-refractivity contribution in [2.24, 2.45) is 0 Å². The van der Waals surface area contributed by atoms with Gasteiger partial charge in [-0.2, -0.15) is 4.72 Å². The lowest BCUT2D eigenvalue weighted by Crippen LogP contribution is -2.37. The van der Waals surface area contributed by atoms with Crippen LogP contribution in [0.15, 0.2) is 53.4 Å². The van der Waals surface area contributed by atoms with Crippen molar-refractivity contribution < 1.29 is 30.0 Å². The molecule has 7 nitrogen and oxygen atoms in total. The first-order chi connectivity index (χ1) is 13.3. The molecule has 1 saturated heterocycles. The molecular weight excluding hydrogens is 387 g/mol. The van der Waals surface area contributed by atoms with Gasteiger partial charge in [0.25, 0.3) is 0 Å². The van der Waals surface area contributed by atoms with Crippen LogP contribution in [0.3, 0.4) is 0 Å². The lowest BCUT2D eigenvalue weighted by atomic mass is 10.0. The summed E-state index contributed by atoms with van der Waals surface area (Å²) in [5.74, 6) is -1.81. The zero-order chi connectivity index (χ0) is 20.7. The van der Waals surface area contributed by atoms with E-state index in [9.17, 15) is 22.4 Å². The molecule has 9 heteroatoms. The zero-order valence-electron chi connectivity index (χ0n) is 15.4. The van der Waals surface area contributed by atoms with Crippen LogP contribution >= 0.6 is 0 Å². The van der Waals surface area contributed by atoms with Crippen molar-refractivity contribution in [2.75, 3.05) is 20.7 Å². The summed E-state index contributed by atoms with van der Waals surface area (Å²) in [7, 11) is -0.178. The van der Waals surface area contributed by atoms with Gasteiger partial charge in [0.15, 0.2) is 5.78 Å². The Balaban J connectivity index is 0.00000159. The third kappa shape index (κ3) is 5.22. The SMILES string of the molecule is CNC.O=C(c1ccc(S(=O)(=O)N[C@H]2CCOC2=O)cc1)c1ccccc1F.[HH].[HH]. The number of esters is 1. The number of cyclic esters (lactones) is 1. The van der Waals surface area contributed by atoms with Crippen LogP contribution in [0, 0.1) is 5.82 Å². The highest BCUT2D eigenvalue weighted by atomic mass is 32.2. The molecule has 1 aliphatic rings. The molecule has 0 saturated carbocycles. The maximum absolute atomic E-state index is 13.7. The van der Waals surface area contributed by atoms with E-state index in [0.29, 0.717) is 0 Å². The minimum Gasteiger partial charge on any atom is -0.464 e. The van der Waals surface area contributed by atoms with Crippen LogP contribution in [0.1, 0.15) is 25.2 Å². The maximum Gasteiger partial charge on any atom is 0.324 e. The van der Waals surface area contributed by atoms with Crippen molar-refractivity contribution in [3.05, 3.63) is 65.5 Å². The van der Waals surface area contributed by atoms with Crippen LogP contribution in [0.25, 0.3) is 0 Å². The fourth-order valence-electron chi connectivity index (χ4n) is 2.44. The summed E-state index contributed by atoms with van der Waals surface area (Å²) in [4.78, 5) is 23.6. The van der Waals surface area contributed by atoms with Crippen molar-refractivity contribution in [3.8, 4) is 0 Å². The van der Waals surface area contributed by atoms with Crippen LogP contribution in [-0.2, 0) is 19.6 Å². The van der Waals surface area contributed by atoms with E-state index in [-0.39, 0.29) is 31.9 Å². The van der Waals surface area contributed by atoms with Gasteiger partial charge in [-0.1, -0.05) is 12.1 Å². The first-order valence-corrected chi connectivity index (χ1v) is 9.95. The van der Waals surface area contributed by atoms with E-state index in [4.69, 9.17) is 4.74 Å². The van der Waals surface area contributed by atoms with E-state index < -0.39 is 33.6 Å². The number of halogens is 1. The van der Waals surface area contributed by atoms with Crippen molar-refractivity contribution in [1.82, 2.24) is 10.0 Å². The third-order valence-electron chi connectivity index (χ3n) is 3.78. The quantitative estimate of drug-likeness (QED) is 0.575. The predicted molar refractivity (Wildman–Crippen MR) is 105 cm³/mol. The number of rotatable bonds is 5. The standard InChI is InChI=1S/C17H14FNO5S.C2H7N.2H2/c18-14-4-2-1-3-13(14)16(20)11-5-7-12(8-6-11)25(22,23)19-15-9-10-24-17(15)21;1-3-2;;/h1-8,15,19H,9-10H2;3H,1-2H3;2*1H/t15-;;;/m0.../s1. The van der Waals surface area contributed by atoms with Crippen LogP contribution < -0.4 is 10.0 Å². The Morgan fingerprint density at radius 2 is 1.75 bits per heavy atom. The molecule has 1 aliphatic heterocycles. The van der Waals surface area contributed by atoms with Crippen LogP contribution in [0.5, 0.6) is 0 Å². The molecule has 3 rings (SSSR count). The highest BCUT2D eigenvalue weighted by molar-refractivity contribution is 7.89. The molecule has 2 aromatic rings. The molecule has 0 amide bonds. The van der Waals surface area contributed by atoms with E-state index in [1.807, 2.05) is 14.1 Å². The van der Waals surface area contributed by atoms with E-state index >= 15 is 0 Å². The minimum atomic E-state index is -3.93. The number of hydrogen-bond donors (Lipinski definition) is 2. The lowest BCUT2D eigenvalue weighted by Gasteiger charge is -2.10. The maximum atomic E-state index is 13.7. The van der Waals surface area contributed by atoms with Gasteiger partial charge in [-0.05, 0) is 50.5 Å². The van der Waals surface area contributed by atoms with E-state index in [2.05, 4.69) is 10.0 Å². The predicted octanol–water partition coefficient (Wildman–Crippen LogP) is 1.98. The molecule has 1 fully saturated rings. The second-order valence-corrected chi connectivity index (χ2v) is 7.68. The summed E-state index contributed by atoms with van der Waals surface area (Å²) in [6.07, 6.45) is 0.266. The van der Waals surface area contributed by atoms with Gasteiger partial charge in [0.05, 0.1) is 17.1 Å². The number of carbonyl (C=O) groups excluding carboxylic acids is 2. The molecule has 1 heterocycles. The highest BCUT2D eigenvalue weighted by Gasteiger charge is 2.31. The number of sulfonamides is 1. The first kappa shape index (κ1) is 21.7. The largest absolute Gasteiger partial charge is 0.464 e. The average Bonchev–Trinajstić information content (AvgIpc) is 3.06. The van der Waals surface area contributed by atoms with Gasteiger partial charge >= 0.3 is 5.97 Å². The van der Waals surface area contributed by atoms with Crippen LogP contribution in [0.4, 0.5) is 4.39 Å². The van der Waals surface area contributed by atoms with Gasteiger partial charge in [0.1, 0.15) is 11.9 Å². The van der Waals surface area contributed by atoms with E-state index in [1.54, 1.807) is 6.07 Å². The van der Waals surface area contributed by atoms with E-state index in [1.165, 1.54) is 42.5 Å². The lowest BCUT2D eigenvalue weighted by molar-refractivity contribution is -0.139. The summed E-state index contributed by atoms with van der Waals surface area (Å²) in [5, 5.41) is 2.75. The number of hydrogen-bond acceptors (Lipinski definition) is 6. The molecule has 0 aromatic heterocycles. The second kappa shape index (κ2) is 9.54. The van der Waals surface area contributed by atoms with Gasteiger partial charge in [0.2, 0.25) is 10.0 Å². The number of ketones is 1. The topological polar surface area (TPSA) is 102 Å². The number of benzene rings is 2. The van der Waals surface area contributed by atoms with Crippen molar-refractivity contribution in [2.45, 2.75) is 17.4 Å². The molecule has 0 radical (unpaired) electrons. The molecule has 0 aliphatic carbocycles. The second-order valence-electron chi connectivity index (χ2n) is 5.96. The minimum absolute atomic E-state index is 0. The van der Waals surface area contributed by atoms with Crippen molar-refractivity contribution in [3.63, 3.8) is 0 Å². The number of ether oxygens (including phenoxy) is 1. The normalized spacial score (nSPS) is 16.1. The average molecular weight is 412 g/mol. The fraction of sp³-hybridized carbons (Fsp3) is 0.263. The van der Waals surface area contributed by atoms with Gasteiger partial charge < -0.3 is 10.1 Å². The van der Waals surface area contributed by atoms with E-state index in [0.717, 1.165) is 0 Å². The molecule has 0 spiro atoms. The Morgan fingerprint density at radius 1 is 1.14 bits per heavy atom. The highest BCUT2D eigenvalue weighted by Crippen LogP contribution is 2.17. The smallest absolute Gasteiger partial charge is 0.324 e. The molecular formula is C19H25FN2O5S. The molecule has 2 N–H and O–H groups in total. The number of nitrogens with one attached hydrogen (secondary N) is 2. The molecule has 0 unspecified atom stereocenters. The Labute approximate surface area is 165 Å². The Hall–Kier alpha value is -2.62. The monoisotopic (exact) mass is 412 g/mol. The molecule has 2 aromatic carbocycles. The summed E-state index contributed by atoms with van der Waals surface area (Å²) in [6, 6.07) is 9.71.